The Morgan fingerprint density at radius 3 is 1.32 bits per heavy atom. The number of esters is 1. The maximum Gasteiger partial charge on any atom is 0.394 e. The van der Waals surface area contributed by atoms with Crippen molar-refractivity contribution in [1.82, 2.24) is 0 Å². The minimum absolute atomic E-state index is 0.0854. The van der Waals surface area contributed by atoms with Crippen molar-refractivity contribution >= 4 is 46.4 Å². The number of aliphatic hydroxyl groups excluding tert-OH is 1. The van der Waals surface area contributed by atoms with Crippen molar-refractivity contribution in [3.63, 3.8) is 0 Å². The predicted octanol–water partition coefficient (Wildman–Crippen LogP) is 4.63. The third-order valence-electron chi connectivity index (χ3n) is 7.85. The number of carbonyl (C=O) groups excluding carboxylic acids is 1. The monoisotopic (exact) mass is 796 g/mol. The van der Waals surface area contributed by atoms with E-state index in [0.717, 1.165) is 24.8 Å². The summed E-state index contributed by atoms with van der Waals surface area (Å²) in [6, 6.07) is 22.7. The molecule has 4 aromatic carbocycles. The molecule has 0 aromatic heterocycles. The van der Waals surface area contributed by atoms with Gasteiger partial charge in [0.05, 0.1) is 7.11 Å². The summed E-state index contributed by atoms with van der Waals surface area (Å²) in [6.07, 6.45) is 3.58. The van der Waals surface area contributed by atoms with Crippen molar-refractivity contribution in [2.24, 2.45) is 0 Å². The standard InChI is InChI=1S/C19H16O6.C18H14O6.CH4O.H2O4S/c1-24-19(23)17-14-10-11(3-9-16(21)22)2-8-15(14)25-18(17)12-4-6-13(20)7-5-12;19-12-5-3-11(4-6-12)17-16(18(22)23)13-9-10(2-8-15(20)21)1-7-14(13)24-17;1-2;1-5(2,3)4/h2-10,17-18,20H,1H3,(H,21,22);1-9,16-17,19H,(H,20,21)(H,22,23);2H,1H3;(H2,1,2,3,4)/b9-3+;8-2+;;/t17-,18+;16-,17+;;/m11../s1. The van der Waals surface area contributed by atoms with Gasteiger partial charge in [0, 0.05) is 30.4 Å². The first-order chi connectivity index (χ1) is 26.4. The van der Waals surface area contributed by atoms with Crippen LogP contribution in [0.15, 0.2) is 97.1 Å². The van der Waals surface area contributed by atoms with E-state index in [0.29, 0.717) is 39.3 Å². The van der Waals surface area contributed by atoms with Gasteiger partial charge >= 0.3 is 34.3 Å². The lowest BCUT2D eigenvalue weighted by atomic mass is 9.90. The van der Waals surface area contributed by atoms with E-state index in [1.807, 2.05) is 0 Å². The Kier molecular flexibility index (Phi) is 15.2. The van der Waals surface area contributed by atoms with Crippen LogP contribution >= 0.6 is 0 Å². The number of hydrogen-bond donors (Lipinski definition) is 8. The van der Waals surface area contributed by atoms with Crippen LogP contribution in [0, 0.1) is 0 Å². The largest absolute Gasteiger partial charge is 0.508 e. The number of rotatable bonds is 8. The number of methoxy groups -OCH3 is 1. The third-order valence-corrected chi connectivity index (χ3v) is 7.85. The molecular weight excluding hydrogens is 760 g/mol. The van der Waals surface area contributed by atoms with Crippen molar-refractivity contribution in [3.8, 4) is 23.0 Å². The predicted molar refractivity (Wildman–Crippen MR) is 197 cm³/mol. The number of aromatic hydroxyl groups is 2. The highest BCUT2D eigenvalue weighted by Crippen LogP contribution is 2.48. The molecule has 2 aliphatic heterocycles. The summed E-state index contributed by atoms with van der Waals surface area (Å²) in [6.45, 7) is 0. The van der Waals surface area contributed by atoms with Crippen LogP contribution in [0.25, 0.3) is 12.2 Å². The zero-order valence-electron chi connectivity index (χ0n) is 29.4. The number of carboxylic acid groups (broad SMARTS) is 3. The molecule has 4 aromatic rings. The van der Waals surface area contributed by atoms with E-state index in [1.54, 1.807) is 60.7 Å². The third kappa shape index (κ3) is 12.1. The number of carbonyl (C=O) groups is 4. The number of aliphatic carboxylic acids is 3. The molecule has 0 saturated carbocycles. The highest BCUT2D eigenvalue weighted by atomic mass is 32.3. The van der Waals surface area contributed by atoms with Crippen LogP contribution in [0.4, 0.5) is 0 Å². The van der Waals surface area contributed by atoms with Crippen molar-refractivity contribution in [2.45, 2.75) is 24.0 Å². The first kappa shape index (κ1) is 43.7. The number of fused-ring (bicyclic) bond motifs is 2. The van der Waals surface area contributed by atoms with Gasteiger partial charge in [0.15, 0.2) is 0 Å². The zero-order valence-corrected chi connectivity index (χ0v) is 30.2. The Morgan fingerprint density at radius 2 is 0.982 bits per heavy atom. The molecule has 0 amide bonds. The van der Waals surface area contributed by atoms with Gasteiger partial charge in [-0.1, -0.05) is 36.4 Å². The number of phenols is 2. The zero-order chi connectivity index (χ0) is 41.7. The number of phenolic OH excluding ortho intramolecular Hbond substituents is 2. The van der Waals surface area contributed by atoms with E-state index in [9.17, 15) is 34.5 Å². The van der Waals surface area contributed by atoms with Gasteiger partial charge in [-0.05, 0) is 82.9 Å². The highest BCUT2D eigenvalue weighted by Gasteiger charge is 2.42. The lowest BCUT2D eigenvalue weighted by Gasteiger charge is -2.17. The van der Waals surface area contributed by atoms with Gasteiger partial charge < -0.3 is 44.8 Å². The number of benzene rings is 4. The molecule has 0 aliphatic carbocycles. The summed E-state index contributed by atoms with van der Waals surface area (Å²) in [7, 11) is -2.36. The summed E-state index contributed by atoms with van der Waals surface area (Å²) in [5.41, 5.74) is 3.72. The van der Waals surface area contributed by atoms with E-state index in [-0.39, 0.29) is 11.5 Å². The van der Waals surface area contributed by atoms with Gasteiger partial charge in [-0.15, -0.1) is 0 Å². The summed E-state index contributed by atoms with van der Waals surface area (Å²) in [4.78, 5) is 45.4. The van der Waals surface area contributed by atoms with Crippen molar-refractivity contribution < 1.29 is 81.6 Å². The Balaban J connectivity index is 0.000000258. The Hall–Kier alpha value is -6.73. The molecule has 4 atom stereocenters. The molecular formula is C38H36O17S. The second kappa shape index (κ2) is 19.6. The fourth-order valence-electron chi connectivity index (χ4n) is 5.60. The normalized spacial score (nSPS) is 17.6. The molecule has 0 fully saturated rings. The Bertz CT molecular complexity index is 2190. The molecule has 17 nitrogen and oxygen atoms in total. The van der Waals surface area contributed by atoms with Gasteiger partial charge in [0.2, 0.25) is 0 Å². The molecule has 0 spiro atoms. The minimum atomic E-state index is -4.67. The van der Waals surface area contributed by atoms with Gasteiger partial charge in [0.25, 0.3) is 0 Å². The van der Waals surface area contributed by atoms with Crippen LogP contribution in [0.1, 0.15) is 57.4 Å². The molecule has 2 aliphatic rings. The number of hydrogen-bond acceptors (Lipinski definition) is 12. The van der Waals surface area contributed by atoms with E-state index in [4.69, 9.17) is 47.1 Å². The van der Waals surface area contributed by atoms with E-state index >= 15 is 0 Å². The fourth-order valence-corrected chi connectivity index (χ4v) is 5.60. The van der Waals surface area contributed by atoms with Crippen LogP contribution in [0.2, 0.25) is 0 Å². The quantitative estimate of drug-likeness (QED) is 0.0685. The first-order valence-electron chi connectivity index (χ1n) is 15.9. The van der Waals surface area contributed by atoms with Crippen molar-refractivity contribution in [2.75, 3.05) is 14.2 Å². The topological polar surface area (TPSA) is 292 Å². The average Bonchev–Trinajstić information content (AvgIpc) is 3.72. The molecule has 0 radical (unpaired) electrons. The second-order valence-corrected chi connectivity index (χ2v) is 12.4. The fraction of sp³-hybridized carbons (Fsp3) is 0.158. The summed E-state index contributed by atoms with van der Waals surface area (Å²) in [5, 5.41) is 52.9. The molecule has 0 saturated heterocycles. The maximum absolute atomic E-state index is 12.3. The maximum atomic E-state index is 12.3. The SMILES string of the molecule is CO.COC(=O)[C@@H]1c2cc(/C=C/C(=O)O)ccc2O[C@H]1c1ccc(O)cc1.O=C(O)/C=C/c1ccc2c(c1)[C@@H](C(=O)O)[C@H](c1ccc(O)cc1)O2.O=S(=O)(O)O. The summed E-state index contributed by atoms with van der Waals surface area (Å²) >= 11 is 0. The molecule has 296 valence electrons. The van der Waals surface area contributed by atoms with Crippen LogP contribution in [0.3, 0.4) is 0 Å². The lowest BCUT2D eigenvalue weighted by Crippen LogP contribution is -2.20. The summed E-state index contributed by atoms with van der Waals surface area (Å²) in [5.74, 6) is -4.01. The van der Waals surface area contributed by atoms with Crippen molar-refractivity contribution in [3.05, 3.63) is 130 Å². The van der Waals surface area contributed by atoms with Crippen molar-refractivity contribution in [1.29, 1.82) is 0 Å². The smallest absolute Gasteiger partial charge is 0.394 e. The molecule has 2 heterocycles. The lowest BCUT2D eigenvalue weighted by molar-refractivity contribution is -0.144. The number of carboxylic acids is 3. The first-order valence-corrected chi connectivity index (χ1v) is 17.3. The molecule has 18 heteroatoms. The average molecular weight is 797 g/mol. The van der Waals surface area contributed by atoms with Crippen LogP contribution < -0.4 is 9.47 Å². The van der Waals surface area contributed by atoms with E-state index < -0.39 is 58.3 Å². The number of ether oxygens (including phenoxy) is 3. The van der Waals surface area contributed by atoms with Gasteiger partial charge in [0.1, 0.15) is 47.0 Å². The Labute approximate surface area is 319 Å². The number of aliphatic hydroxyl groups is 1. The van der Waals surface area contributed by atoms with Crippen LogP contribution in [-0.2, 0) is 34.3 Å². The molecule has 0 bridgehead atoms. The van der Waals surface area contributed by atoms with Crippen LogP contribution in [0.5, 0.6) is 23.0 Å². The second-order valence-electron chi connectivity index (χ2n) is 11.5. The molecule has 6 rings (SSSR count). The minimum Gasteiger partial charge on any atom is -0.508 e. The molecule has 0 unspecified atom stereocenters. The van der Waals surface area contributed by atoms with Gasteiger partial charge in [-0.3, -0.25) is 18.7 Å². The van der Waals surface area contributed by atoms with Gasteiger partial charge in [-0.2, -0.15) is 8.42 Å². The highest BCUT2D eigenvalue weighted by molar-refractivity contribution is 7.79. The van der Waals surface area contributed by atoms with Crippen LogP contribution in [-0.4, -0.2) is 86.3 Å². The molecule has 8 N–H and O–H groups in total. The van der Waals surface area contributed by atoms with E-state index in [1.165, 1.54) is 43.5 Å². The van der Waals surface area contributed by atoms with Gasteiger partial charge in [-0.25, -0.2) is 9.59 Å². The Morgan fingerprint density at radius 1 is 0.625 bits per heavy atom. The summed E-state index contributed by atoms with van der Waals surface area (Å²) < 4.78 is 48.2. The van der Waals surface area contributed by atoms with E-state index in [2.05, 4.69) is 0 Å². The molecule has 56 heavy (non-hydrogen) atoms.